The molecule has 1 N–H and O–H groups in total. The molecule has 2 fully saturated rings. The number of benzene rings is 1. The molecular weight excluding hydrogens is 246 g/mol. The van der Waals surface area contributed by atoms with Gasteiger partial charge in [0.05, 0.1) is 0 Å². The maximum atomic E-state index is 6.13. The molecule has 1 aromatic carbocycles. The lowest BCUT2D eigenvalue weighted by atomic mass is 9.93. The lowest BCUT2D eigenvalue weighted by Gasteiger charge is -2.18. The smallest absolute Gasteiger partial charge is 0.134 e. The highest BCUT2D eigenvalue weighted by Gasteiger charge is 2.32. The molecule has 1 heterocycles. The zero-order valence-electron chi connectivity index (χ0n) is 12.2. The summed E-state index contributed by atoms with van der Waals surface area (Å²) in [6, 6.07) is 9.57. The molecule has 1 aromatic heterocycles. The van der Waals surface area contributed by atoms with Crippen LogP contribution in [-0.4, -0.2) is 12.6 Å². The third-order valence-corrected chi connectivity index (χ3v) is 4.96. The average molecular weight is 269 g/mol. The summed E-state index contributed by atoms with van der Waals surface area (Å²) in [5, 5.41) is 4.96. The molecule has 4 rings (SSSR count). The van der Waals surface area contributed by atoms with E-state index in [2.05, 4.69) is 36.5 Å². The molecule has 2 unspecified atom stereocenters. The average Bonchev–Trinajstić information content (AvgIpc) is 2.99. The van der Waals surface area contributed by atoms with Gasteiger partial charge in [0, 0.05) is 17.3 Å². The van der Waals surface area contributed by atoms with Crippen LogP contribution in [0.2, 0.25) is 0 Å². The second-order valence-corrected chi connectivity index (χ2v) is 6.67. The Labute approximate surface area is 120 Å². The second kappa shape index (κ2) is 4.92. The minimum absolute atomic E-state index is 0.619. The summed E-state index contributed by atoms with van der Waals surface area (Å²) in [6.07, 6.45) is 6.73. The summed E-state index contributed by atoms with van der Waals surface area (Å²) in [5.41, 5.74) is 2.36. The van der Waals surface area contributed by atoms with Gasteiger partial charge in [0.25, 0.3) is 0 Å². The number of fused-ring (bicyclic) bond motifs is 1. The minimum atomic E-state index is 0.619. The van der Waals surface area contributed by atoms with E-state index in [1.54, 1.807) is 0 Å². The number of rotatable bonds is 4. The van der Waals surface area contributed by atoms with Gasteiger partial charge in [-0.3, -0.25) is 0 Å². The normalized spacial score (nSPS) is 26.4. The van der Waals surface area contributed by atoms with E-state index < -0.39 is 0 Å². The molecule has 0 bridgehead atoms. The number of aryl methyl sites for hydroxylation is 1. The minimum Gasteiger partial charge on any atom is -0.461 e. The van der Waals surface area contributed by atoms with Gasteiger partial charge in [0.15, 0.2) is 0 Å². The maximum Gasteiger partial charge on any atom is 0.134 e. The molecule has 2 aliphatic rings. The molecule has 2 atom stereocenters. The summed E-state index contributed by atoms with van der Waals surface area (Å²) in [5.74, 6) is 2.59. The van der Waals surface area contributed by atoms with Crippen molar-refractivity contribution < 1.29 is 4.42 Å². The zero-order valence-corrected chi connectivity index (χ0v) is 12.2. The number of furan rings is 1. The highest BCUT2D eigenvalue weighted by molar-refractivity contribution is 5.78. The van der Waals surface area contributed by atoms with Crippen molar-refractivity contribution in [2.75, 3.05) is 6.54 Å². The summed E-state index contributed by atoms with van der Waals surface area (Å²) in [4.78, 5) is 0. The van der Waals surface area contributed by atoms with Crippen molar-refractivity contribution in [3.63, 3.8) is 0 Å². The van der Waals surface area contributed by atoms with Crippen LogP contribution in [0.25, 0.3) is 11.0 Å². The SMILES string of the molecule is Cc1ccc2oc(C3CCCC3CNC3CC3)cc2c1. The number of hydrogen-bond acceptors (Lipinski definition) is 2. The molecule has 0 radical (unpaired) electrons. The van der Waals surface area contributed by atoms with Crippen LogP contribution in [-0.2, 0) is 0 Å². The zero-order chi connectivity index (χ0) is 13.5. The van der Waals surface area contributed by atoms with E-state index in [1.807, 2.05) is 0 Å². The third-order valence-electron chi connectivity index (χ3n) is 4.96. The van der Waals surface area contributed by atoms with E-state index in [0.717, 1.165) is 17.5 Å². The van der Waals surface area contributed by atoms with Crippen LogP contribution in [0, 0.1) is 12.8 Å². The predicted octanol–water partition coefficient (Wildman–Crippen LogP) is 4.38. The Morgan fingerprint density at radius 3 is 2.90 bits per heavy atom. The van der Waals surface area contributed by atoms with Gasteiger partial charge in [-0.05, 0) is 63.3 Å². The summed E-state index contributed by atoms with van der Waals surface area (Å²) < 4.78 is 6.13. The van der Waals surface area contributed by atoms with Crippen molar-refractivity contribution in [1.29, 1.82) is 0 Å². The van der Waals surface area contributed by atoms with Crippen molar-refractivity contribution in [3.05, 3.63) is 35.6 Å². The molecule has 0 spiro atoms. The molecule has 0 amide bonds. The van der Waals surface area contributed by atoms with Gasteiger partial charge in [-0.2, -0.15) is 0 Å². The fourth-order valence-electron chi connectivity index (χ4n) is 3.63. The lowest BCUT2D eigenvalue weighted by molar-refractivity contribution is 0.390. The molecule has 2 heteroatoms. The molecule has 2 aliphatic carbocycles. The van der Waals surface area contributed by atoms with E-state index in [9.17, 15) is 0 Å². The maximum absolute atomic E-state index is 6.13. The fourth-order valence-corrected chi connectivity index (χ4v) is 3.63. The largest absolute Gasteiger partial charge is 0.461 e. The number of nitrogens with one attached hydrogen (secondary N) is 1. The summed E-state index contributed by atoms with van der Waals surface area (Å²) in [7, 11) is 0. The van der Waals surface area contributed by atoms with Crippen molar-refractivity contribution >= 4 is 11.0 Å². The predicted molar refractivity (Wildman–Crippen MR) is 82.1 cm³/mol. The van der Waals surface area contributed by atoms with E-state index >= 15 is 0 Å². The van der Waals surface area contributed by atoms with Gasteiger partial charge >= 0.3 is 0 Å². The summed E-state index contributed by atoms with van der Waals surface area (Å²) >= 11 is 0. The monoisotopic (exact) mass is 269 g/mol. The first-order valence-electron chi connectivity index (χ1n) is 8.03. The second-order valence-electron chi connectivity index (χ2n) is 6.67. The Balaban J connectivity index is 1.56. The van der Waals surface area contributed by atoms with E-state index in [1.165, 1.54) is 55.4 Å². The molecule has 0 saturated heterocycles. The van der Waals surface area contributed by atoms with Gasteiger partial charge in [-0.1, -0.05) is 18.1 Å². The van der Waals surface area contributed by atoms with Crippen LogP contribution in [0.15, 0.2) is 28.7 Å². The Morgan fingerprint density at radius 2 is 2.05 bits per heavy atom. The lowest BCUT2D eigenvalue weighted by Crippen LogP contribution is -2.26. The highest BCUT2D eigenvalue weighted by Crippen LogP contribution is 2.41. The van der Waals surface area contributed by atoms with Crippen LogP contribution in [0.3, 0.4) is 0 Å². The standard InChI is InChI=1S/C18H23NO/c1-12-5-8-17-14(9-12)10-18(20-17)16-4-2-3-13(16)11-19-15-6-7-15/h5,8-10,13,15-16,19H,2-4,6-7,11H2,1H3. The van der Waals surface area contributed by atoms with Crippen molar-refractivity contribution in [2.45, 2.75) is 51.0 Å². The highest BCUT2D eigenvalue weighted by atomic mass is 16.3. The summed E-state index contributed by atoms with van der Waals surface area (Å²) in [6.45, 7) is 3.31. The van der Waals surface area contributed by atoms with Crippen molar-refractivity contribution in [1.82, 2.24) is 5.32 Å². The van der Waals surface area contributed by atoms with Crippen LogP contribution in [0.5, 0.6) is 0 Å². The number of hydrogen-bond donors (Lipinski definition) is 1. The van der Waals surface area contributed by atoms with Gasteiger partial charge in [0.2, 0.25) is 0 Å². The van der Waals surface area contributed by atoms with E-state index in [4.69, 9.17) is 4.42 Å². The first kappa shape index (κ1) is 12.5. The van der Waals surface area contributed by atoms with Crippen LogP contribution in [0.1, 0.15) is 49.3 Å². The first-order valence-corrected chi connectivity index (χ1v) is 8.03. The van der Waals surface area contributed by atoms with Gasteiger partial charge in [0.1, 0.15) is 11.3 Å². The molecule has 2 aromatic rings. The topological polar surface area (TPSA) is 25.2 Å². The Kier molecular flexibility index (Phi) is 3.07. The Hall–Kier alpha value is -1.28. The third kappa shape index (κ3) is 2.37. The van der Waals surface area contributed by atoms with Crippen LogP contribution in [0.4, 0.5) is 0 Å². The molecule has 2 nitrogen and oxygen atoms in total. The molecule has 20 heavy (non-hydrogen) atoms. The van der Waals surface area contributed by atoms with Gasteiger partial charge < -0.3 is 9.73 Å². The van der Waals surface area contributed by atoms with E-state index in [-0.39, 0.29) is 0 Å². The van der Waals surface area contributed by atoms with E-state index in [0.29, 0.717) is 5.92 Å². The Bertz CT molecular complexity index is 611. The molecule has 2 saturated carbocycles. The van der Waals surface area contributed by atoms with Crippen molar-refractivity contribution in [3.8, 4) is 0 Å². The van der Waals surface area contributed by atoms with Crippen molar-refractivity contribution in [2.24, 2.45) is 5.92 Å². The fraction of sp³-hybridized carbons (Fsp3) is 0.556. The molecule has 0 aliphatic heterocycles. The molecule has 106 valence electrons. The Morgan fingerprint density at radius 1 is 1.15 bits per heavy atom. The first-order chi connectivity index (χ1) is 9.79. The van der Waals surface area contributed by atoms with Crippen LogP contribution >= 0.6 is 0 Å². The molecular formula is C18H23NO. The van der Waals surface area contributed by atoms with Gasteiger partial charge in [-0.25, -0.2) is 0 Å². The quantitative estimate of drug-likeness (QED) is 0.891. The van der Waals surface area contributed by atoms with Crippen LogP contribution < -0.4 is 5.32 Å². The van der Waals surface area contributed by atoms with Gasteiger partial charge in [-0.15, -0.1) is 0 Å².